The largest absolute Gasteiger partial charge is 0.465 e. The minimum atomic E-state index is 0.851. The van der Waals surface area contributed by atoms with E-state index in [1.165, 1.54) is 11.1 Å². The number of benzene rings is 1. The smallest absolute Gasteiger partial charge is 0.118 e. The fourth-order valence-electron chi connectivity index (χ4n) is 1.94. The van der Waals surface area contributed by atoms with Crippen molar-refractivity contribution in [3.8, 4) is 0 Å². The lowest BCUT2D eigenvalue weighted by Crippen LogP contribution is -2.16. The fraction of sp³-hybridized carbons (Fsp3) is 0.333. The van der Waals surface area contributed by atoms with Crippen molar-refractivity contribution in [1.82, 2.24) is 4.90 Å². The zero-order chi connectivity index (χ0) is 12.3. The lowest BCUT2D eigenvalue weighted by atomic mass is 10.2. The third-order valence-electron chi connectivity index (χ3n) is 2.94. The third kappa shape index (κ3) is 3.21. The van der Waals surface area contributed by atoms with Crippen molar-refractivity contribution < 1.29 is 4.42 Å². The van der Waals surface area contributed by atoms with E-state index in [0.29, 0.717) is 0 Å². The molecule has 0 N–H and O–H groups in total. The molecule has 90 valence electrons. The molecule has 0 amide bonds. The average molecular weight is 229 g/mol. The van der Waals surface area contributed by atoms with Gasteiger partial charge in [-0.15, -0.1) is 0 Å². The molecule has 0 spiro atoms. The van der Waals surface area contributed by atoms with Crippen LogP contribution in [0.1, 0.15) is 22.6 Å². The number of rotatable bonds is 4. The molecule has 1 aromatic carbocycles. The summed E-state index contributed by atoms with van der Waals surface area (Å²) >= 11 is 0. The molecule has 2 rings (SSSR count). The number of hydrogen-bond acceptors (Lipinski definition) is 2. The van der Waals surface area contributed by atoms with Gasteiger partial charge in [0.1, 0.15) is 11.5 Å². The van der Waals surface area contributed by atoms with Crippen LogP contribution in [0.25, 0.3) is 0 Å². The fourth-order valence-corrected chi connectivity index (χ4v) is 1.94. The highest BCUT2D eigenvalue weighted by Crippen LogP contribution is 2.15. The molecule has 0 atom stereocenters. The van der Waals surface area contributed by atoms with Gasteiger partial charge >= 0.3 is 0 Å². The monoisotopic (exact) mass is 229 g/mol. The van der Waals surface area contributed by atoms with Gasteiger partial charge in [-0.05, 0) is 38.1 Å². The molecule has 1 aromatic heterocycles. The first-order valence-electron chi connectivity index (χ1n) is 5.93. The Hall–Kier alpha value is -1.54. The molecule has 0 bridgehead atoms. The van der Waals surface area contributed by atoms with Crippen molar-refractivity contribution in [3.05, 3.63) is 59.0 Å². The Labute approximate surface area is 103 Å². The Balaban J connectivity index is 1.95. The zero-order valence-corrected chi connectivity index (χ0v) is 10.7. The van der Waals surface area contributed by atoms with Gasteiger partial charge in [0.05, 0.1) is 6.54 Å². The van der Waals surface area contributed by atoms with Crippen LogP contribution in [0.5, 0.6) is 0 Å². The van der Waals surface area contributed by atoms with Crippen molar-refractivity contribution in [3.63, 3.8) is 0 Å². The summed E-state index contributed by atoms with van der Waals surface area (Å²) in [6.07, 6.45) is 0. The van der Waals surface area contributed by atoms with Gasteiger partial charge in [-0.25, -0.2) is 0 Å². The Kier molecular flexibility index (Phi) is 3.64. The Bertz CT molecular complexity index is 453. The van der Waals surface area contributed by atoms with Crippen LogP contribution >= 0.6 is 0 Å². The highest BCUT2D eigenvalue weighted by molar-refractivity contribution is 5.19. The molecule has 17 heavy (non-hydrogen) atoms. The lowest BCUT2D eigenvalue weighted by molar-refractivity contribution is 0.285. The molecule has 0 fully saturated rings. The van der Waals surface area contributed by atoms with E-state index in [2.05, 4.69) is 49.2 Å². The molecule has 0 radical (unpaired) electrons. The minimum Gasteiger partial charge on any atom is -0.465 e. The molecule has 0 aliphatic carbocycles. The van der Waals surface area contributed by atoms with Crippen LogP contribution in [0.2, 0.25) is 0 Å². The lowest BCUT2D eigenvalue weighted by Gasteiger charge is -2.14. The van der Waals surface area contributed by atoms with Gasteiger partial charge in [0, 0.05) is 6.54 Å². The zero-order valence-electron chi connectivity index (χ0n) is 10.7. The summed E-state index contributed by atoms with van der Waals surface area (Å²) in [7, 11) is 2.11. The summed E-state index contributed by atoms with van der Waals surface area (Å²) in [4.78, 5) is 2.26. The van der Waals surface area contributed by atoms with Crippen LogP contribution < -0.4 is 0 Å². The number of hydrogen-bond donors (Lipinski definition) is 0. The molecule has 0 aliphatic heterocycles. The molecule has 2 nitrogen and oxygen atoms in total. The SMILES string of the molecule is Cc1cc(CN(C)Cc2ccccc2)oc1C. The maximum absolute atomic E-state index is 5.68. The molecule has 1 heterocycles. The molecular formula is C15H19NO. The van der Waals surface area contributed by atoms with E-state index in [1.807, 2.05) is 13.0 Å². The quantitative estimate of drug-likeness (QED) is 0.797. The van der Waals surface area contributed by atoms with Gasteiger partial charge < -0.3 is 4.42 Å². The molecule has 0 saturated heterocycles. The van der Waals surface area contributed by atoms with Crippen molar-refractivity contribution >= 4 is 0 Å². The molecule has 0 saturated carbocycles. The minimum absolute atomic E-state index is 0.851. The maximum Gasteiger partial charge on any atom is 0.118 e. The topological polar surface area (TPSA) is 16.4 Å². The van der Waals surface area contributed by atoms with Gasteiger partial charge in [0.25, 0.3) is 0 Å². The summed E-state index contributed by atoms with van der Waals surface area (Å²) in [5, 5.41) is 0. The molecule has 0 aliphatic rings. The van der Waals surface area contributed by atoms with Crippen LogP contribution in [-0.4, -0.2) is 11.9 Å². The van der Waals surface area contributed by atoms with Gasteiger partial charge in [-0.1, -0.05) is 30.3 Å². The van der Waals surface area contributed by atoms with Crippen LogP contribution in [0, 0.1) is 13.8 Å². The molecule has 0 unspecified atom stereocenters. The second kappa shape index (κ2) is 5.19. The van der Waals surface area contributed by atoms with Gasteiger partial charge in [0.15, 0.2) is 0 Å². The standard InChI is InChI=1S/C15H19NO/c1-12-9-15(17-13(12)2)11-16(3)10-14-7-5-4-6-8-14/h4-9H,10-11H2,1-3H3. The van der Waals surface area contributed by atoms with Crippen LogP contribution in [0.3, 0.4) is 0 Å². The maximum atomic E-state index is 5.68. The highest BCUT2D eigenvalue weighted by atomic mass is 16.3. The van der Waals surface area contributed by atoms with Crippen molar-refractivity contribution in [1.29, 1.82) is 0 Å². The first-order chi connectivity index (χ1) is 8.15. The third-order valence-corrected chi connectivity index (χ3v) is 2.94. The summed E-state index contributed by atoms with van der Waals surface area (Å²) in [5.74, 6) is 2.06. The summed E-state index contributed by atoms with van der Waals surface area (Å²) in [6.45, 7) is 5.89. The van der Waals surface area contributed by atoms with E-state index >= 15 is 0 Å². The average Bonchev–Trinajstić information content (AvgIpc) is 2.59. The Morgan fingerprint density at radius 1 is 1.06 bits per heavy atom. The second-order valence-electron chi connectivity index (χ2n) is 4.61. The molecular weight excluding hydrogens is 210 g/mol. The molecule has 2 heteroatoms. The summed E-state index contributed by atoms with van der Waals surface area (Å²) in [5.41, 5.74) is 2.56. The summed E-state index contributed by atoms with van der Waals surface area (Å²) < 4.78 is 5.68. The predicted octanol–water partition coefficient (Wildman–Crippen LogP) is 3.53. The predicted molar refractivity (Wildman–Crippen MR) is 69.8 cm³/mol. The number of furan rings is 1. The number of nitrogens with zero attached hydrogens (tertiary/aromatic N) is 1. The van der Waals surface area contributed by atoms with Crippen molar-refractivity contribution in [2.75, 3.05) is 7.05 Å². The summed E-state index contributed by atoms with van der Waals surface area (Å²) in [6, 6.07) is 12.6. The van der Waals surface area contributed by atoms with E-state index in [1.54, 1.807) is 0 Å². The van der Waals surface area contributed by atoms with Crippen molar-refractivity contribution in [2.24, 2.45) is 0 Å². The van der Waals surface area contributed by atoms with Crippen LogP contribution in [0.15, 0.2) is 40.8 Å². The first-order valence-corrected chi connectivity index (χ1v) is 5.93. The first kappa shape index (κ1) is 11.9. The molecule has 2 aromatic rings. The number of aryl methyl sites for hydroxylation is 2. The highest BCUT2D eigenvalue weighted by Gasteiger charge is 2.07. The van der Waals surface area contributed by atoms with E-state index in [9.17, 15) is 0 Å². The van der Waals surface area contributed by atoms with Gasteiger partial charge in [-0.2, -0.15) is 0 Å². The Morgan fingerprint density at radius 3 is 2.35 bits per heavy atom. The second-order valence-corrected chi connectivity index (χ2v) is 4.61. The van der Waals surface area contributed by atoms with Crippen molar-refractivity contribution in [2.45, 2.75) is 26.9 Å². The van der Waals surface area contributed by atoms with E-state index in [0.717, 1.165) is 24.6 Å². The van der Waals surface area contributed by atoms with E-state index in [4.69, 9.17) is 4.42 Å². The van der Waals surface area contributed by atoms with Crippen LogP contribution in [0.4, 0.5) is 0 Å². The van der Waals surface area contributed by atoms with E-state index < -0.39 is 0 Å². The van der Waals surface area contributed by atoms with Gasteiger partial charge in [-0.3, -0.25) is 4.90 Å². The van der Waals surface area contributed by atoms with Gasteiger partial charge in [0.2, 0.25) is 0 Å². The Morgan fingerprint density at radius 2 is 1.76 bits per heavy atom. The normalized spacial score (nSPS) is 11.1. The van der Waals surface area contributed by atoms with Crippen LogP contribution in [-0.2, 0) is 13.1 Å². The van der Waals surface area contributed by atoms with E-state index in [-0.39, 0.29) is 0 Å².